The second-order valence-electron chi connectivity index (χ2n) is 3.42. The van der Waals surface area contributed by atoms with Crippen LogP contribution in [0.5, 0.6) is 0 Å². The quantitative estimate of drug-likeness (QED) is 0.587. The lowest BCUT2D eigenvalue weighted by molar-refractivity contribution is -0.116. The summed E-state index contributed by atoms with van der Waals surface area (Å²) in [5, 5.41) is 8.68. The van der Waals surface area contributed by atoms with E-state index in [0.717, 1.165) is 0 Å². The van der Waals surface area contributed by atoms with Gasteiger partial charge in [0.15, 0.2) is 5.78 Å². The van der Waals surface area contributed by atoms with Crippen LogP contribution in [0.4, 0.5) is 0 Å². The number of carbonyl (C=O) groups excluding carboxylic acids is 1. The van der Waals surface area contributed by atoms with Gasteiger partial charge in [-0.2, -0.15) is 0 Å². The van der Waals surface area contributed by atoms with E-state index < -0.39 is 0 Å². The van der Waals surface area contributed by atoms with Crippen LogP contribution in [0.1, 0.15) is 20.3 Å². The molecule has 0 fully saturated rings. The smallest absolute Gasteiger partial charge is 0.161 e. The van der Waals surface area contributed by atoms with Gasteiger partial charge >= 0.3 is 0 Å². The van der Waals surface area contributed by atoms with Gasteiger partial charge < -0.3 is 5.11 Å². The number of aliphatic hydroxyl groups is 1. The fourth-order valence-electron chi connectivity index (χ4n) is 1.26. The summed E-state index contributed by atoms with van der Waals surface area (Å²) in [6, 6.07) is 0. The summed E-state index contributed by atoms with van der Waals surface area (Å²) in [7, 11) is 0. The van der Waals surface area contributed by atoms with Crippen LogP contribution in [0, 0.1) is 5.41 Å². The predicted molar refractivity (Wildman–Crippen MR) is 38.6 cm³/mol. The summed E-state index contributed by atoms with van der Waals surface area (Å²) in [5.41, 5.74) is 0.541. The molecule has 0 saturated carbocycles. The third-order valence-corrected chi connectivity index (χ3v) is 1.71. The Balaban J connectivity index is 2.82. The van der Waals surface area contributed by atoms with Crippen LogP contribution in [0.3, 0.4) is 0 Å². The monoisotopic (exact) mass is 140 g/mol. The highest BCUT2D eigenvalue weighted by Gasteiger charge is 2.28. The molecule has 0 bridgehead atoms. The maximum absolute atomic E-state index is 11.0. The number of carbonyl (C=O) groups is 1. The van der Waals surface area contributed by atoms with E-state index in [-0.39, 0.29) is 17.8 Å². The van der Waals surface area contributed by atoms with Crippen molar-refractivity contribution in [2.24, 2.45) is 5.41 Å². The summed E-state index contributed by atoms with van der Waals surface area (Å²) < 4.78 is 0. The molecule has 0 aromatic heterocycles. The molecule has 2 heteroatoms. The maximum atomic E-state index is 11.0. The average Bonchev–Trinajstić information content (AvgIpc) is 2.05. The first-order valence-electron chi connectivity index (χ1n) is 3.41. The minimum absolute atomic E-state index is 0.0326. The van der Waals surface area contributed by atoms with Crippen LogP contribution >= 0.6 is 0 Å². The van der Waals surface area contributed by atoms with Gasteiger partial charge in [-0.3, -0.25) is 4.79 Å². The van der Waals surface area contributed by atoms with Crippen molar-refractivity contribution in [2.75, 3.05) is 6.61 Å². The summed E-state index contributed by atoms with van der Waals surface area (Å²) in [6.45, 7) is 3.88. The first kappa shape index (κ1) is 7.48. The Morgan fingerprint density at radius 1 is 1.70 bits per heavy atom. The molecule has 0 radical (unpaired) electrons. The molecule has 0 aliphatic heterocycles. The number of rotatable bonds is 1. The highest BCUT2D eigenvalue weighted by molar-refractivity contribution is 5.98. The fourth-order valence-corrected chi connectivity index (χ4v) is 1.26. The summed E-state index contributed by atoms with van der Waals surface area (Å²) >= 11 is 0. The molecule has 1 aliphatic carbocycles. The third kappa shape index (κ3) is 1.27. The SMILES string of the molecule is CC1(C)C=C(CO)C(=O)C1. The van der Waals surface area contributed by atoms with Gasteiger partial charge in [-0.1, -0.05) is 19.9 Å². The van der Waals surface area contributed by atoms with Crippen molar-refractivity contribution in [3.05, 3.63) is 11.6 Å². The van der Waals surface area contributed by atoms with Gasteiger partial charge in [0.05, 0.1) is 6.61 Å². The molecule has 10 heavy (non-hydrogen) atoms. The van der Waals surface area contributed by atoms with E-state index in [1.807, 2.05) is 19.9 Å². The second-order valence-corrected chi connectivity index (χ2v) is 3.42. The second kappa shape index (κ2) is 2.20. The van der Waals surface area contributed by atoms with Crippen molar-refractivity contribution in [1.82, 2.24) is 0 Å². The molecular formula is C8H12O2. The van der Waals surface area contributed by atoms with Gasteiger partial charge in [0.1, 0.15) is 0 Å². The van der Waals surface area contributed by atoms with Crippen LogP contribution in [-0.2, 0) is 4.79 Å². The predicted octanol–water partition coefficient (Wildman–Crippen LogP) is 0.904. The first-order valence-corrected chi connectivity index (χ1v) is 3.41. The molecule has 1 rings (SSSR count). The molecule has 1 N–H and O–H groups in total. The topological polar surface area (TPSA) is 37.3 Å². The molecule has 0 aromatic rings. The minimum atomic E-state index is -0.109. The lowest BCUT2D eigenvalue weighted by atomic mass is 9.93. The molecular weight excluding hydrogens is 128 g/mol. The zero-order chi connectivity index (χ0) is 7.78. The van der Waals surface area contributed by atoms with Crippen LogP contribution < -0.4 is 0 Å². The van der Waals surface area contributed by atoms with Crippen molar-refractivity contribution in [3.63, 3.8) is 0 Å². The van der Waals surface area contributed by atoms with Crippen molar-refractivity contribution in [3.8, 4) is 0 Å². The number of hydrogen-bond donors (Lipinski definition) is 1. The molecule has 0 spiro atoms. The van der Waals surface area contributed by atoms with Crippen LogP contribution in [-0.4, -0.2) is 17.5 Å². The normalized spacial score (nSPS) is 23.1. The molecule has 56 valence electrons. The summed E-state index contributed by atoms with van der Waals surface area (Å²) in [6.07, 6.45) is 2.40. The van der Waals surface area contributed by atoms with Crippen molar-refractivity contribution in [1.29, 1.82) is 0 Å². The third-order valence-electron chi connectivity index (χ3n) is 1.71. The van der Waals surface area contributed by atoms with Gasteiger partial charge in [-0.05, 0) is 5.41 Å². The number of hydrogen-bond acceptors (Lipinski definition) is 2. The van der Waals surface area contributed by atoms with E-state index in [2.05, 4.69) is 0 Å². The number of allylic oxidation sites excluding steroid dienone is 1. The zero-order valence-corrected chi connectivity index (χ0v) is 6.35. The van der Waals surface area contributed by atoms with E-state index in [9.17, 15) is 4.79 Å². The van der Waals surface area contributed by atoms with E-state index in [1.54, 1.807) is 0 Å². The summed E-state index contributed by atoms with van der Waals surface area (Å²) in [5.74, 6) is 0.0903. The number of Topliss-reactive ketones (excluding diaryl/α,β-unsaturated/α-hetero) is 1. The molecule has 0 heterocycles. The van der Waals surface area contributed by atoms with E-state index in [4.69, 9.17) is 5.11 Å². The Labute approximate surface area is 60.6 Å². The van der Waals surface area contributed by atoms with Gasteiger partial charge in [-0.25, -0.2) is 0 Å². The number of aliphatic hydroxyl groups excluding tert-OH is 1. The molecule has 0 saturated heterocycles. The van der Waals surface area contributed by atoms with Gasteiger partial charge in [0.2, 0.25) is 0 Å². The minimum Gasteiger partial charge on any atom is -0.392 e. The number of ketones is 1. The molecule has 1 aliphatic rings. The Kier molecular flexibility index (Phi) is 1.65. The Morgan fingerprint density at radius 2 is 2.30 bits per heavy atom. The van der Waals surface area contributed by atoms with Crippen molar-refractivity contribution < 1.29 is 9.90 Å². The van der Waals surface area contributed by atoms with E-state index in [1.165, 1.54) is 0 Å². The van der Waals surface area contributed by atoms with Gasteiger partial charge in [0.25, 0.3) is 0 Å². The Bertz CT molecular complexity index is 189. The van der Waals surface area contributed by atoms with Crippen LogP contribution in [0.2, 0.25) is 0 Å². The van der Waals surface area contributed by atoms with Gasteiger partial charge in [0, 0.05) is 12.0 Å². The maximum Gasteiger partial charge on any atom is 0.161 e. The average molecular weight is 140 g/mol. The van der Waals surface area contributed by atoms with Gasteiger partial charge in [-0.15, -0.1) is 0 Å². The summed E-state index contributed by atoms with van der Waals surface area (Å²) in [4.78, 5) is 11.0. The molecule has 0 amide bonds. The standard InChI is InChI=1S/C8H12O2/c1-8(2)3-6(5-9)7(10)4-8/h3,9H,4-5H2,1-2H3. The Morgan fingerprint density at radius 3 is 2.50 bits per heavy atom. The van der Waals surface area contributed by atoms with Crippen LogP contribution in [0.25, 0.3) is 0 Å². The van der Waals surface area contributed by atoms with Crippen molar-refractivity contribution in [2.45, 2.75) is 20.3 Å². The highest BCUT2D eigenvalue weighted by atomic mass is 16.3. The molecule has 0 aromatic carbocycles. The van der Waals surface area contributed by atoms with Crippen molar-refractivity contribution >= 4 is 5.78 Å². The molecule has 2 nitrogen and oxygen atoms in total. The van der Waals surface area contributed by atoms with Crippen LogP contribution in [0.15, 0.2) is 11.6 Å². The lowest BCUT2D eigenvalue weighted by Crippen LogP contribution is -2.05. The largest absolute Gasteiger partial charge is 0.392 e. The lowest BCUT2D eigenvalue weighted by Gasteiger charge is -2.10. The van der Waals surface area contributed by atoms with E-state index >= 15 is 0 Å². The first-order chi connectivity index (χ1) is 4.55. The molecule has 0 unspecified atom stereocenters. The van der Waals surface area contributed by atoms with E-state index in [0.29, 0.717) is 12.0 Å². The molecule has 0 atom stereocenters. The Hall–Kier alpha value is -0.630. The zero-order valence-electron chi connectivity index (χ0n) is 6.35. The fraction of sp³-hybridized carbons (Fsp3) is 0.625. The highest BCUT2D eigenvalue weighted by Crippen LogP contribution is 2.31.